The molecule has 0 heterocycles. The van der Waals surface area contributed by atoms with Gasteiger partial charge in [-0.25, -0.2) is 0 Å². The fourth-order valence-electron chi connectivity index (χ4n) is 2.06. The fraction of sp³-hybridized carbons (Fsp3) is 0.800. The maximum absolute atomic E-state index is 11.3. The Morgan fingerprint density at radius 3 is 2.32 bits per heavy atom. The number of thiocarbonyl (C=S) groups is 1. The topological polar surface area (TPSA) is 79.2 Å². The number of esters is 1. The molecule has 0 fully saturated rings. The Morgan fingerprint density at radius 2 is 1.86 bits per heavy atom. The van der Waals surface area contributed by atoms with Gasteiger partial charge in [0.2, 0.25) is 6.41 Å². The molecule has 1 N–H and O–H groups in total. The molecule has 0 saturated heterocycles. The lowest BCUT2D eigenvalue weighted by atomic mass is 10.1. The van der Waals surface area contributed by atoms with Crippen LogP contribution in [0.4, 0.5) is 0 Å². The number of ether oxygens (including phenoxy) is 1. The van der Waals surface area contributed by atoms with Crippen LogP contribution in [0.25, 0.3) is 0 Å². The molecule has 1 amide bonds. The van der Waals surface area contributed by atoms with Crippen molar-refractivity contribution in [1.29, 1.82) is 5.26 Å². The van der Waals surface area contributed by atoms with Crippen molar-refractivity contribution in [3.63, 3.8) is 0 Å². The van der Waals surface area contributed by atoms with Crippen LogP contribution < -0.4 is 5.32 Å². The number of unbranched alkanes of at least 4 members (excludes halogenated alkanes) is 2. The summed E-state index contributed by atoms with van der Waals surface area (Å²) in [6.45, 7) is 12.4. The molecular weight excluding hydrogens is 412 g/mol. The van der Waals surface area contributed by atoms with Gasteiger partial charge >= 0.3 is 5.97 Å². The van der Waals surface area contributed by atoms with Crippen LogP contribution in [0.2, 0.25) is 0 Å². The molecule has 0 bridgehead atoms. The fourth-order valence-corrected chi connectivity index (χ4v) is 5.06. The second kappa shape index (κ2) is 17.1. The first-order valence-corrected chi connectivity index (χ1v) is 11.9. The number of hydrogen-bond donors (Lipinski definition) is 1. The molecule has 1 unspecified atom stereocenters. The monoisotopic (exact) mass is 448 g/mol. The van der Waals surface area contributed by atoms with E-state index in [1.807, 2.05) is 27.7 Å². The van der Waals surface area contributed by atoms with Crippen molar-refractivity contribution < 1.29 is 14.3 Å². The van der Waals surface area contributed by atoms with E-state index in [2.05, 4.69) is 25.2 Å². The molecule has 28 heavy (non-hydrogen) atoms. The molecule has 0 rings (SSSR count). The Bertz CT molecular complexity index is 502. The van der Waals surface area contributed by atoms with E-state index in [0.717, 1.165) is 41.4 Å². The van der Waals surface area contributed by atoms with E-state index >= 15 is 0 Å². The van der Waals surface area contributed by atoms with Gasteiger partial charge in [0.15, 0.2) is 0 Å². The number of carbonyl (C=O) groups excluding carboxylic acids is 2. The van der Waals surface area contributed by atoms with Gasteiger partial charge in [-0.2, -0.15) is 5.26 Å². The van der Waals surface area contributed by atoms with Gasteiger partial charge in [-0.3, -0.25) is 9.59 Å². The summed E-state index contributed by atoms with van der Waals surface area (Å²) in [4.78, 5) is 21.2. The number of amides is 1. The molecule has 0 radical (unpaired) electrons. The minimum absolute atomic E-state index is 0.147. The standard InChI is InChI=1S/C11H21NO3.C9H15NS3/c1-11(2,3)15-10(14)7-5-4-6-8-12-9-13;1-4-6-9(3,7-10)13-8(11)12-5-2/h9H,4-8H2,1-3H3,(H,12,13);4-6H2,1-3H3. The summed E-state index contributed by atoms with van der Waals surface area (Å²) in [5.41, 5.74) is -0.393. The van der Waals surface area contributed by atoms with Crippen LogP contribution in [0, 0.1) is 11.3 Å². The zero-order chi connectivity index (χ0) is 22.1. The van der Waals surface area contributed by atoms with Crippen molar-refractivity contribution in [3.05, 3.63) is 0 Å². The normalized spacial score (nSPS) is 12.6. The number of nitrogens with one attached hydrogen (secondary N) is 1. The van der Waals surface area contributed by atoms with E-state index in [0.29, 0.717) is 19.4 Å². The highest BCUT2D eigenvalue weighted by molar-refractivity contribution is 8.47. The summed E-state index contributed by atoms with van der Waals surface area (Å²) >= 11 is 8.33. The van der Waals surface area contributed by atoms with Gasteiger partial charge in [0, 0.05) is 13.0 Å². The molecule has 0 aliphatic carbocycles. The van der Waals surface area contributed by atoms with E-state index < -0.39 is 5.60 Å². The Labute approximate surface area is 185 Å². The Morgan fingerprint density at radius 1 is 1.21 bits per heavy atom. The molecule has 0 aliphatic rings. The SMILES string of the molecule is CC(C)(C)OC(=O)CCCCCNC=O.CCCC(C)(C#N)SC(=S)SCC. The van der Waals surface area contributed by atoms with Crippen LogP contribution in [0.1, 0.15) is 80.1 Å². The van der Waals surface area contributed by atoms with Crippen molar-refractivity contribution in [3.8, 4) is 6.07 Å². The Balaban J connectivity index is 0. The molecule has 8 heteroatoms. The lowest BCUT2D eigenvalue weighted by Crippen LogP contribution is -2.23. The van der Waals surface area contributed by atoms with Crippen molar-refractivity contribution in [2.75, 3.05) is 12.3 Å². The Kier molecular flexibility index (Phi) is 18.0. The number of carbonyl (C=O) groups is 2. The lowest BCUT2D eigenvalue weighted by molar-refractivity contribution is -0.154. The van der Waals surface area contributed by atoms with Gasteiger partial charge in [-0.05, 0) is 52.7 Å². The zero-order valence-corrected chi connectivity index (χ0v) is 20.6. The lowest BCUT2D eigenvalue weighted by Gasteiger charge is -2.19. The zero-order valence-electron chi connectivity index (χ0n) is 18.1. The Hall–Kier alpha value is -0.780. The van der Waals surface area contributed by atoms with E-state index in [4.69, 9.17) is 22.2 Å². The van der Waals surface area contributed by atoms with E-state index in [1.54, 1.807) is 11.8 Å². The molecule has 162 valence electrons. The van der Waals surface area contributed by atoms with Gasteiger partial charge in [0.05, 0.1) is 6.07 Å². The first kappa shape index (κ1) is 29.4. The third-order valence-corrected chi connectivity index (χ3v) is 5.88. The average Bonchev–Trinajstić information content (AvgIpc) is 2.57. The number of nitriles is 1. The van der Waals surface area contributed by atoms with E-state index in [9.17, 15) is 9.59 Å². The third kappa shape index (κ3) is 20.0. The predicted octanol–water partition coefficient (Wildman–Crippen LogP) is 5.47. The predicted molar refractivity (Wildman–Crippen MR) is 126 cm³/mol. The van der Waals surface area contributed by atoms with Crippen LogP contribution in [-0.4, -0.2) is 38.6 Å². The highest BCUT2D eigenvalue weighted by atomic mass is 32.2. The molecule has 0 aromatic rings. The number of rotatable bonds is 11. The van der Waals surface area contributed by atoms with Crippen molar-refractivity contribution in [1.82, 2.24) is 5.32 Å². The van der Waals surface area contributed by atoms with Gasteiger partial charge < -0.3 is 10.1 Å². The summed E-state index contributed by atoms with van der Waals surface area (Å²) in [5, 5.41) is 11.6. The summed E-state index contributed by atoms with van der Waals surface area (Å²) in [6, 6.07) is 2.33. The highest BCUT2D eigenvalue weighted by Gasteiger charge is 2.25. The molecule has 5 nitrogen and oxygen atoms in total. The molecule has 0 aromatic carbocycles. The largest absolute Gasteiger partial charge is 0.460 e. The van der Waals surface area contributed by atoms with Crippen LogP contribution in [0.3, 0.4) is 0 Å². The van der Waals surface area contributed by atoms with Gasteiger partial charge in [0.25, 0.3) is 0 Å². The molecule has 1 atom stereocenters. The first-order chi connectivity index (χ1) is 13.0. The quantitative estimate of drug-likeness (QED) is 0.194. The van der Waals surface area contributed by atoms with Crippen LogP contribution in [-0.2, 0) is 14.3 Å². The van der Waals surface area contributed by atoms with Crippen LogP contribution in [0.5, 0.6) is 0 Å². The third-order valence-electron chi connectivity index (χ3n) is 3.24. The van der Waals surface area contributed by atoms with Crippen molar-refractivity contribution in [2.45, 2.75) is 90.4 Å². The molecule has 0 aromatic heterocycles. The first-order valence-electron chi connectivity index (χ1n) is 9.69. The minimum atomic E-state index is -0.393. The maximum Gasteiger partial charge on any atom is 0.306 e. The van der Waals surface area contributed by atoms with Crippen LogP contribution >= 0.6 is 35.7 Å². The summed E-state index contributed by atoms with van der Waals surface area (Å²) < 4.78 is 5.72. The summed E-state index contributed by atoms with van der Waals surface area (Å²) in [5.74, 6) is 0.838. The van der Waals surface area contributed by atoms with E-state index in [-0.39, 0.29) is 10.7 Å². The highest BCUT2D eigenvalue weighted by Crippen LogP contribution is 2.34. The maximum atomic E-state index is 11.3. The number of thioether (sulfide) groups is 2. The van der Waals surface area contributed by atoms with Gasteiger partial charge in [-0.1, -0.05) is 50.7 Å². The van der Waals surface area contributed by atoms with Crippen molar-refractivity contribution >= 4 is 51.6 Å². The van der Waals surface area contributed by atoms with Gasteiger partial charge in [0.1, 0.15) is 13.9 Å². The molecule has 0 spiro atoms. The van der Waals surface area contributed by atoms with Crippen LogP contribution in [0.15, 0.2) is 0 Å². The number of nitrogens with zero attached hydrogens (tertiary/aromatic N) is 1. The summed E-state index contributed by atoms with van der Waals surface area (Å²) in [6.07, 6.45) is 5.72. The second-order valence-corrected chi connectivity index (χ2v) is 11.3. The smallest absolute Gasteiger partial charge is 0.306 e. The molecule has 0 saturated carbocycles. The van der Waals surface area contributed by atoms with Crippen molar-refractivity contribution in [2.24, 2.45) is 0 Å². The van der Waals surface area contributed by atoms with E-state index in [1.165, 1.54) is 11.8 Å². The summed E-state index contributed by atoms with van der Waals surface area (Å²) in [7, 11) is 0. The second-order valence-electron chi connectivity index (χ2n) is 7.35. The molecular formula is C20H36N2O3S3. The number of hydrogen-bond acceptors (Lipinski definition) is 7. The minimum Gasteiger partial charge on any atom is -0.460 e. The van der Waals surface area contributed by atoms with Gasteiger partial charge in [-0.15, -0.1) is 11.8 Å². The molecule has 0 aliphatic heterocycles. The average molecular weight is 449 g/mol.